The van der Waals surface area contributed by atoms with E-state index < -0.39 is 0 Å². The van der Waals surface area contributed by atoms with Crippen molar-refractivity contribution in [2.24, 2.45) is 0 Å². The first-order chi connectivity index (χ1) is 12.5. The minimum atomic E-state index is -0.362. The van der Waals surface area contributed by atoms with Crippen LogP contribution in [0.5, 0.6) is 5.75 Å². The standard InChI is InChI=1S/C20H17ClFN3O/c1-3-12(2)26-19-7-4-13(9-16(19)21)8-14(11-23)20-24-17-6-5-15(22)10-18(17)25-20/h4-10,12H,3H2,1-2H3,(H,24,25)/b14-8-/t12-/m1/s1. The molecule has 1 atom stereocenters. The van der Waals surface area contributed by atoms with Gasteiger partial charge in [0.05, 0.1) is 27.7 Å². The molecule has 0 spiro atoms. The van der Waals surface area contributed by atoms with Crippen molar-refractivity contribution in [3.63, 3.8) is 0 Å². The number of nitrogens with one attached hydrogen (secondary N) is 1. The number of imidazole rings is 1. The van der Waals surface area contributed by atoms with E-state index >= 15 is 0 Å². The molecule has 1 N–H and O–H groups in total. The van der Waals surface area contributed by atoms with Gasteiger partial charge in [-0.15, -0.1) is 0 Å². The second-order valence-electron chi connectivity index (χ2n) is 5.94. The fourth-order valence-electron chi connectivity index (χ4n) is 2.43. The molecule has 0 aliphatic heterocycles. The summed E-state index contributed by atoms with van der Waals surface area (Å²) in [6, 6.07) is 11.7. The number of fused-ring (bicyclic) bond motifs is 1. The third-order valence-corrected chi connectivity index (χ3v) is 4.28. The highest BCUT2D eigenvalue weighted by Crippen LogP contribution is 2.28. The second kappa shape index (κ2) is 7.59. The van der Waals surface area contributed by atoms with Crippen LogP contribution in [0, 0.1) is 17.1 Å². The fraction of sp³-hybridized carbons (Fsp3) is 0.200. The van der Waals surface area contributed by atoms with E-state index in [0.717, 1.165) is 12.0 Å². The van der Waals surface area contributed by atoms with Gasteiger partial charge in [0.15, 0.2) is 0 Å². The SMILES string of the molecule is CC[C@@H](C)Oc1ccc(/C=C(/C#N)c2nc3ccc(F)cc3[nH]2)cc1Cl. The average molecular weight is 370 g/mol. The molecule has 3 rings (SSSR count). The molecular formula is C20H17ClFN3O. The summed E-state index contributed by atoms with van der Waals surface area (Å²) in [7, 11) is 0. The van der Waals surface area contributed by atoms with Crippen LogP contribution in [-0.4, -0.2) is 16.1 Å². The van der Waals surface area contributed by atoms with E-state index in [1.807, 2.05) is 19.9 Å². The zero-order valence-corrected chi connectivity index (χ0v) is 15.1. The number of hydrogen-bond donors (Lipinski definition) is 1. The number of aromatic amines is 1. The maximum Gasteiger partial charge on any atom is 0.149 e. The van der Waals surface area contributed by atoms with Crippen molar-refractivity contribution in [1.29, 1.82) is 5.26 Å². The Hall–Kier alpha value is -2.84. The van der Waals surface area contributed by atoms with Crippen molar-refractivity contribution in [2.45, 2.75) is 26.4 Å². The molecule has 4 nitrogen and oxygen atoms in total. The molecule has 0 fully saturated rings. The number of H-pyrrole nitrogens is 1. The van der Waals surface area contributed by atoms with Crippen molar-refractivity contribution in [3.05, 3.63) is 58.6 Å². The van der Waals surface area contributed by atoms with Crippen LogP contribution in [-0.2, 0) is 0 Å². The molecule has 0 aliphatic carbocycles. The summed E-state index contributed by atoms with van der Waals surface area (Å²) in [5.74, 6) is 0.624. The van der Waals surface area contributed by atoms with Crippen molar-refractivity contribution in [3.8, 4) is 11.8 Å². The molecular weight excluding hydrogens is 353 g/mol. The number of aromatic nitrogens is 2. The van der Waals surface area contributed by atoms with Gasteiger partial charge < -0.3 is 9.72 Å². The molecule has 0 bridgehead atoms. The quantitative estimate of drug-likeness (QED) is 0.595. The molecule has 0 radical (unpaired) electrons. The van der Waals surface area contributed by atoms with Gasteiger partial charge >= 0.3 is 0 Å². The monoisotopic (exact) mass is 369 g/mol. The molecule has 132 valence electrons. The Morgan fingerprint density at radius 1 is 1.38 bits per heavy atom. The van der Waals surface area contributed by atoms with Gasteiger partial charge in [-0.2, -0.15) is 5.26 Å². The number of rotatable bonds is 5. The maximum absolute atomic E-state index is 13.3. The Morgan fingerprint density at radius 2 is 2.19 bits per heavy atom. The summed E-state index contributed by atoms with van der Waals surface area (Å²) in [6.45, 7) is 4.01. The summed E-state index contributed by atoms with van der Waals surface area (Å²) in [4.78, 5) is 7.31. The van der Waals surface area contributed by atoms with Crippen LogP contribution in [0.2, 0.25) is 5.02 Å². The zero-order valence-electron chi connectivity index (χ0n) is 14.4. The number of nitrogens with zero attached hydrogens (tertiary/aromatic N) is 2. The molecule has 0 aliphatic rings. The molecule has 0 unspecified atom stereocenters. The summed E-state index contributed by atoms with van der Waals surface area (Å²) in [5.41, 5.74) is 2.21. The molecule has 3 aromatic rings. The predicted molar refractivity (Wildman–Crippen MR) is 101 cm³/mol. The van der Waals surface area contributed by atoms with Crippen LogP contribution >= 0.6 is 11.6 Å². The Kier molecular flexibility index (Phi) is 5.24. The van der Waals surface area contributed by atoms with Crippen LogP contribution in [0.15, 0.2) is 36.4 Å². The predicted octanol–water partition coefficient (Wildman–Crippen LogP) is 5.60. The molecule has 26 heavy (non-hydrogen) atoms. The highest BCUT2D eigenvalue weighted by atomic mass is 35.5. The van der Waals surface area contributed by atoms with Crippen molar-refractivity contribution < 1.29 is 9.13 Å². The molecule has 0 saturated heterocycles. The minimum absolute atomic E-state index is 0.0690. The third kappa shape index (κ3) is 3.87. The van der Waals surface area contributed by atoms with Gasteiger partial charge in [0.2, 0.25) is 0 Å². The molecule has 1 aromatic heterocycles. The van der Waals surface area contributed by atoms with Gasteiger partial charge in [-0.05, 0) is 55.3 Å². The number of hydrogen-bond acceptors (Lipinski definition) is 3. The molecule has 6 heteroatoms. The normalized spacial score (nSPS) is 12.8. The van der Waals surface area contributed by atoms with Gasteiger partial charge in [0.25, 0.3) is 0 Å². The summed E-state index contributed by atoms with van der Waals surface area (Å²) in [5, 5.41) is 9.96. The Morgan fingerprint density at radius 3 is 2.88 bits per heavy atom. The van der Waals surface area contributed by atoms with E-state index in [1.165, 1.54) is 12.1 Å². The topological polar surface area (TPSA) is 61.7 Å². The van der Waals surface area contributed by atoms with E-state index in [0.29, 0.717) is 33.2 Å². The molecule has 2 aromatic carbocycles. The minimum Gasteiger partial charge on any atom is -0.489 e. The van der Waals surface area contributed by atoms with Crippen LogP contribution in [0.25, 0.3) is 22.7 Å². The van der Waals surface area contributed by atoms with E-state index in [1.54, 1.807) is 24.3 Å². The summed E-state index contributed by atoms with van der Waals surface area (Å²) >= 11 is 6.28. The van der Waals surface area contributed by atoms with Gasteiger partial charge in [0, 0.05) is 0 Å². The molecule has 0 saturated carbocycles. The molecule has 1 heterocycles. The summed E-state index contributed by atoms with van der Waals surface area (Å²) in [6.07, 6.45) is 2.62. The Balaban J connectivity index is 1.93. The van der Waals surface area contributed by atoms with Crippen LogP contribution in [0.1, 0.15) is 31.7 Å². The van der Waals surface area contributed by atoms with Gasteiger partial charge in [-0.1, -0.05) is 24.6 Å². The number of halogens is 2. The lowest BCUT2D eigenvalue weighted by molar-refractivity contribution is 0.217. The third-order valence-electron chi connectivity index (χ3n) is 3.99. The zero-order chi connectivity index (χ0) is 18.7. The highest BCUT2D eigenvalue weighted by Gasteiger charge is 2.10. The average Bonchev–Trinajstić information content (AvgIpc) is 3.04. The van der Waals surface area contributed by atoms with Gasteiger partial charge in [-0.25, -0.2) is 9.37 Å². The van der Waals surface area contributed by atoms with E-state index in [2.05, 4.69) is 16.0 Å². The van der Waals surface area contributed by atoms with Crippen molar-refractivity contribution >= 4 is 34.3 Å². The van der Waals surface area contributed by atoms with E-state index in [4.69, 9.17) is 16.3 Å². The lowest BCUT2D eigenvalue weighted by Crippen LogP contribution is -2.09. The van der Waals surface area contributed by atoms with Crippen LogP contribution < -0.4 is 4.74 Å². The number of ether oxygens (including phenoxy) is 1. The lowest BCUT2D eigenvalue weighted by atomic mass is 10.1. The number of benzene rings is 2. The first-order valence-electron chi connectivity index (χ1n) is 8.23. The lowest BCUT2D eigenvalue weighted by Gasteiger charge is -2.14. The van der Waals surface area contributed by atoms with Crippen LogP contribution in [0.4, 0.5) is 4.39 Å². The summed E-state index contributed by atoms with van der Waals surface area (Å²) < 4.78 is 19.1. The Labute approximate surface area is 155 Å². The van der Waals surface area contributed by atoms with Crippen molar-refractivity contribution in [2.75, 3.05) is 0 Å². The van der Waals surface area contributed by atoms with Gasteiger partial charge in [-0.3, -0.25) is 0 Å². The van der Waals surface area contributed by atoms with E-state index in [9.17, 15) is 9.65 Å². The van der Waals surface area contributed by atoms with Crippen LogP contribution in [0.3, 0.4) is 0 Å². The first kappa shape index (κ1) is 18.0. The second-order valence-corrected chi connectivity index (χ2v) is 6.35. The Bertz CT molecular complexity index is 1020. The number of allylic oxidation sites excluding steroid dienone is 1. The maximum atomic E-state index is 13.3. The largest absolute Gasteiger partial charge is 0.489 e. The fourth-order valence-corrected chi connectivity index (χ4v) is 2.67. The highest BCUT2D eigenvalue weighted by molar-refractivity contribution is 6.32. The van der Waals surface area contributed by atoms with E-state index in [-0.39, 0.29) is 11.9 Å². The first-order valence-corrected chi connectivity index (χ1v) is 8.61. The number of nitriles is 1. The van der Waals surface area contributed by atoms with Gasteiger partial charge in [0.1, 0.15) is 23.5 Å². The smallest absolute Gasteiger partial charge is 0.149 e. The van der Waals surface area contributed by atoms with Crippen molar-refractivity contribution in [1.82, 2.24) is 9.97 Å². The molecule has 0 amide bonds.